The third-order valence-electron chi connectivity index (χ3n) is 2.22. The summed E-state index contributed by atoms with van der Waals surface area (Å²) < 4.78 is 25.7. The number of pyridine rings is 1. The van der Waals surface area contributed by atoms with Gasteiger partial charge >= 0.3 is 0 Å². The summed E-state index contributed by atoms with van der Waals surface area (Å²) in [5.41, 5.74) is 0. The fourth-order valence-corrected chi connectivity index (χ4v) is 3.32. The second kappa shape index (κ2) is 4.01. The first-order valence-electron chi connectivity index (χ1n) is 4.33. The number of rotatable bonds is 2. The van der Waals surface area contributed by atoms with Gasteiger partial charge in [0.15, 0.2) is 0 Å². The van der Waals surface area contributed by atoms with Crippen molar-refractivity contribution in [2.24, 2.45) is 0 Å². The Labute approximate surface area is 101 Å². The van der Waals surface area contributed by atoms with Crippen molar-refractivity contribution in [1.82, 2.24) is 9.29 Å². The molecule has 1 aliphatic rings. The first-order chi connectivity index (χ1) is 7.01. The number of aromatic nitrogens is 1. The van der Waals surface area contributed by atoms with Crippen LogP contribution in [0.25, 0.3) is 0 Å². The summed E-state index contributed by atoms with van der Waals surface area (Å²) in [6, 6.07) is 1.48. The maximum absolute atomic E-state index is 11.9. The van der Waals surface area contributed by atoms with Crippen LogP contribution >= 0.6 is 27.5 Å². The molecule has 0 amide bonds. The number of hydrogen-bond donors (Lipinski definition) is 0. The molecule has 82 valence electrons. The third-order valence-corrected chi connectivity index (χ3v) is 5.22. The molecule has 0 spiro atoms. The van der Waals surface area contributed by atoms with Gasteiger partial charge in [0.25, 0.3) is 0 Å². The molecule has 0 radical (unpaired) electrons. The summed E-state index contributed by atoms with van der Waals surface area (Å²) >= 11 is 8.84. The Morgan fingerprint density at radius 2 is 2.13 bits per heavy atom. The number of sulfonamides is 1. The van der Waals surface area contributed by atoms with Gasteiger partial charge in [0.2, 0.25) is 10.0 Å². The van der Waals surface area contributed by atoms with Crippen molar-refractivity contribution in [2.45, 2.75) is 11.3 Å². The summed E-state index contributed by atoms with van der Waals surface area (Å²) in [5, 5.41) is 0.262. The summed E-state index contributed by atoms with van der Waals surface area (Å²) in [7, 11) is -3.36. The highest BCUT2D eigenvalue weighted by Gasteiger charge is 2.29. The van der Waals surface area contributed by atoms with Crippen LogP contribution in [0, 0.1) is 0 Å². The summed E-state index contributed by atoms with van der Waals surface area (Å²) in [4.78, 5) is 3.98. The van der Waals surface area contributed by atoms with Gasteiger partial charge in [-0.1, -0.05) is 11.6 Å². The maximum Gasteiger partial charge on any atom is 0.244 e. The van der Waals surface area contributed by atoms with Crippen LogP contribution in [-0.4, -0.2) is 30.8 Å². The van der Waals surface area contributed by atoms with Gasteiger partial charge < -0.3 is 0 Å². The van der Waals surface area contributed by atoms with E-state index >= 15 is 0 Å². The molecule has 0 aromatic carbocycles. The first-order valence-corrected chi connectivity index (χ1v) is 6.94. The van der Waals surface area contributed by atoms with E-state index in [1.165, 1.54) is 16.6 Å². The fourth-order valence-electron chi connectivity index (χ4n) is 1.22. The summed E-state index contributed by atoms with van der Waals surface area (Å²) in [5.74, 6) is 0. The largest absolute Gasteiger partial charge is 0.244 e. The van der Waals surface area contributed by atoms with Crippen LogP contribution in [0.5, 0.6) is 0 Å². The van der Waals surface area contributed by atoms with E-state index in [4.69, 9.17) is 11.6 Å². The molecule has 0 atom stereocenters. The van der Waals surface area contributed by atoms with E-state index < -0.39 is 10.0 Å². The maximum atomic E-state index is 11.9. The molecule has 0 bridgehead atoms. The molecule has 15 heavy (non-hydrogen) atoms. The normalized spacial score (nSPS) is 17.5. The van der Waals surface area contributed by atoms with E-state index in [1.807, 2.05) is 0 Å². The van der Waals surface area contributed by atoms with E-state index in [1.54, 1.807) is 0 Å². The van der Waals surface area contributed by atoms with Crippen molar-refractivity contribution in [3.63, 3.8) is 0 Å². The van der Waals surface area contributed by atoms with E-state index in [-0.39, 0.29) is 10.0 Å². The third kappa shape index (κ3) is 2.04. The van der Waals surface area contributed by atoms with Crippen LogP contribution in [0.15, 0.2) is 21.6 Å². The van der Waals surface area contributed by atoms with Gasteiger partial charge in [0, 0.05) is 19.3 Å². The molecule has 1 fully saturated rings. The molecule has 0 aliphatic carbocycles. The molecule has 0 saturated carbocycles. The number of hydrogen-bond acceptors (Lipinski definition) is 3. The average molecular weight is 312 g/mol. The molecule has 7 heteroatoms. The zero-order valence-electron chi connectivity index (χ0n) is 7.65. The lowest BCUT2D eigenvalue weighted by Gasteiger charge is -2.29. The SMILES string of the molecule is O=S(=O)(c1cnc(Cl)c(Br)c1)N1CCC1. The Bertz CT molecular complexity index is 487. The molecule has 0 N–H and O–H groups in total. The van der Waals surface area contributed by atoms with Gasteiger partial charge in [-0.05, 0) is 28.4 Å². The molecular formula is C8H8BrClN2O2S. The summed E-state index contributed by atoms with van der Waals surface area (Å²) in [6.07, 6.45) is 2.20. The number of halogens is 2. The smallest absolute Gasteiger partial charge is 0.242 e. The molecule has 0 unspecified atom stereocenters. The quantitative estimate of drug-likeness (QED) is 0.784. The van der Waals surface area contributed by atoms with E-state index in [9.17, 15) is 8.42 Å². The Morgan fingerprint density at radius 3 is 2.60 bits per heavy atom. The molecule has 1 aromatic rings. The monoisotopic (exact) mass is 310 g/mol. The van der Waals surface area contributed by atoms with Crippen LogP contribution < -0.4 is 0 Å². The Hall–Kier alpha value is -0.170. The van der Waals surface area contributed by atoms with Gasteiger partial charge in [-0.25, -0.2) is 13.4 Å². The Morgan fingerprint density at radius 1 is 1.47 bits per heavy atom. The van der Waals surface area contributed by atoms with E-state index in [2.05, 4.69) is 20.9 Å². The van der Waals surface area contributed by atoms with Crippen LogP contribution in [0.3, 0.4) is 0 Å². The standard InChI is InChI=1S/C8H8BrClN2O2S/c9-7-4-6(5-11-8(7)10)15(13,14)12-2-1-3-12/h4-5H,1-3H2. The van der Waals surface area contributed by atoms with Crippen molar-refractivity contribution in [3.05, 3.63) is 21.9 Å². The first kappa shape index (κ1) is 11.3. The van der Waals surface area contributed by atoms with Crippen molar-refractivity contribution in [2.75, 3.05) is 13.1 Å². The van der Waals surface area contributed by atoms with Gasteiger partial charge in [-0.3, -0.25) is 0 Å². The molecular weight excluding hydrogens is 304 g/mol. The van der Waals surface area contributed by atoms with Crippen molar-refractivity contribution in [1.29, 1.82) is 0 Å². The molecule has 1 aliphatic heterocycles. The van der Waals surface area contributed by atoms with Crippen molar-refractivity contribution in [3.8, 4) is 0 Å². The molecule has 2 heterocycles. The van der Waals surface area contributed by atoms with Crippen LogP contribution in [0.1, 0.15) is 6.42 Å². The van der Waals surface area contributed by atoms with Crippen molar-refractivity contribution >= 4 is 37.6 Å². The molecule has 4 nitrogen and oxygen atoms in total. The number of nitrogens with zero attached hydrogens (tertiary/aromatic N) is 2. The average Bonchev–Trinajstić information content (AvgIpc) is 2.05. The Kier molecular flexibility index (Phi) is 3.03. The minimum atomic E-state index is -3.36. The van der Waals surface area contributed by atoms with Crippen LogP contribution in [0.2, 0.25) is 5.15 Å². The predicted molar refractivity (Wildman–Crippen MR) is 60.3 cm³/mol. The zero-order chi connectivity index (χ0) is 11.1. The van der Waals surface area contributed by atoms with Crippen molar-refractivity contribution < 1.29 is 8.42 Å². The van der Waals surface area contributed by atoms with E-state index in [0.29, 0.717) is 17.6 Å². The van der Waals surface area contributed by atoms with Crippen LogP contribution in [-0.2, 0) is 10.0 Å². The second-order valence-corrected chi connectivity index (χ2v) is 6.35. The topological polar surface area (TPSA) is 50.3 Å². The highest BCUT2D eigenvalue weighted by molar-refractivity contribution is 9.10. The highest BCUT2D eigenvalue weighted by Crippen LogP contribution is 2.26. The summed E-state index contributed by atoms with van der Waals surface area (Å²) in [6.45, 7) is 1.17. The lowest BCUT2D eigenvalue weighted by atomic mass is 10.3. The van der Waals surface area contributed by atoms with Gasteiger partial charge in [0.05, 0.1) is 4.47 Å². The Balaban J connectivity index is 2.40. The lowest BCUT2D eigenvalue weighted by Crippen LogP contribution is -2.41. The molecule has 1 saturated heterocycles. The van der Waals surface area contributed by atoms with Gasteiger partial charge in [-0.2, -0.15) is 4.31 Å². The minimum absolute atomic E-state index is 0.179. The van der Waals surface area contributed by atoms with Crippen LogP contribution in [0.4, 0.5) is 0 Å². The highest BCUT2D eigenvalue weighted by atomic mass is 79.9. The molecule has 1 aromatic heterocycles. The minimum Gasteiger partial charge on any atom is -0.242 e. The van der Waals surface area contributed by atoms with Gasteiger partial charge in [0.1, 0.15) is 10.0 Å². The fraction of sp³-hybridized carbons (Fsp3) is 0.375. The zero-order valence-corrected chi connectivity index (χ0v) is 10.8. The van der Waals surface area contributed by atoms with E-state index in [0.717, 1.165) is 6.42 Å². The predicted octanol–water partition coefficient (Wildman–Crippen LogP) is 1.89. The lowest BCUT2D eigenvalue weighted by molar-refractivity contribution is 0.309. The molecule has 2 rings (SSSR count). The second-order valence-electron chi connectivity index (χ2n) is 3.20. The van der Waals surface area contributed by atoms with Gasteiger partial charge in [-0.15, -0.1) is 0 Å².